The highest BCUT2D eigenvalue weighted by Crippen LogP contribution is 2.38. The maximum Gasteiger partial charge on any atom is 0.248 e. The van der Waals surface area contributed by atoms with Crippen molar-refractivity contribution in [1.82, 2.24) is 0 Å². The van der Waals surface area contributed by atoms with Crippen LogP contribution in [0.15, 0.2) is 170 Å². The Kier molecular flexibility index (Phi) is 6.81. The molecule has 0 aromatic heterocycles. The van der Waals surface area contributed by atoms with Gasteiger partial charge in [-0.25, -0.2) is 0 Å². The Bertz CT molecular complexity index is 1960. The second kappa shape index (κ2) is 11.4. The van der Waals surface area contributed by atoms with Gasteiger partial charge in [0.15, 0.2) is 0 Å². The normalized spacial score (nSPS) is 13.7. The molecule has 0 amide bonds. The lowest BCUT2D eigenvalue weighted by atomic mass is 9.33. The quantitative estimate of drug-likeness (QED) is 0.190. The Morgan fingerprint density at radius 3 is 1.66 bits per heavy atom. The van der Waals surface area contributed by atoms with Crippen LogP contribution >= 0.6 is 0 Å². The Balaban J connectivity index is 1.35. The number of allylic oxidation sites excluding steroid dienone is 4. The molecular formula is C42H32BN. The SMILES string of the molecule is C1=CC(c2cccc(-c3ccccc3)c2B2c3ccccc3N(c3ccc(-c4ccccc4)cc3)c3ccccc32)=CCC1. The van der Waals surface area contributed by atoms with Gasteiger partial charge in [-0.3, -0.25) is 0 Å². The molecule has 1 nitrogen and oxygen atoms in total. The van der Waals surface area contributed by atoms with Crippen LogP contribution in [0.5, 0.6) is 0 Å². The van der Waals surface area contributed by atoms with E-state index in [-0.39, 0.29) is 6.71 Å². The Morgan fingerprint density at radius 1 is 0.455 bits per heavy atom. The van der Waals surface area contributed by atoms with Crippen molar-refractivity contribution in [2.45, 2.75) is 12.8 Å². The zero-order valence-corrected chi connectivity index (χ0v) is 24.6. The fraction of sp³-hybridized carbons (Fsp3) is 0.0476. The van der Waals surface area contributed by atoms with Crippen molar-refractivity contribution in [3.05, 3.63) is 175 Å². The monoisotopic (exact) mass is 561 g/mol. The van der Waals surface area contributed by atoms with Crippen LogP contribution in [-0.4, -0.2) is 6.71 Å². The van der Waals surface area contributed by atoms with Gasteiger partial charge in [0.2, 0.25) is 6.71 Å². The van der Waals surface area contributed by atoms with Gasteiger partial charge in [-0.05, 0) is 81.4 Å². The molecule has 0 N–H and O–H groups in total. The first-order chi connectivity index (χ1) is 21.9. The van der Waals surface area contributed by atoms with Crippen LogP contribution in [0.25, 0.3) is 27.8 Å². The van der Waals surface area contributed by atoms with E-state index < -0.39 is 0 Å². The molecule has 2 aliphatic rings. The Morgan fingerprint density at radius 2 is 1.02 bits per heavy atom. The third-order valence-corrected chi connectivity index (χ3v) is 9.00. The van der Waals surface area contributed by atoms with Crippen molar-refractivity contribution < 1.29 is 0 Å². The van der Waals surface area contributed by atoms with Gasteiger partial charge in [-0.15, -0.1) is 0 Å². The molecule has 8 rings (SSSR count). The maximum atomic E-state index is 2.44. The first-order valence-corrected chi connectivity index (χ1v) is 15.6. The fourth-order valence-corrected chi connectivity index (χ4v) is 7.00. The molecule has 0 saturated carbocycles. The summed E-state index contributed by atoms with van der Waals surface area (Å²) in [6.45, 7) is 0.0740. The number of fused-ring (bicyclic) bond motifs is 2. The number of anilines is 3. The minimum Gasteiger partial charge on any atom is -0.312 e. The highest BCUT2D eigenvalue weighted by molar-refractivity contribution is 6.99. The zero-order chi connectivity index (χ0) is 29.3. The molecule has 1 aliphatic carbocycles. The molecule has 2 heteroatoms. The van der Waals surface area contributed by atoms with Gasteiger partial charge in [0, 0.05) is 17.1 Å². The number of para-hydroxylation sites is 2. The van der Waals surface area contributed by atoms with Gasteiger partial charge in [0.25, 0.3) is 0 Å². The molecule has 6 aromatic carbocycles. The summed E-state index contributed by atoms with van der Waals surface area (Å²) in [5, 5.41) is 0. The van der Waals surface area contributed by atoms with E-state index in [4.69, 9.17) is 0 Å². The molecule has 44 heavy (non-hydrogen) atoms. The van der Waals surface area contributed by atoms with Crippen LogP contribution < -0.4 is 21.3 Å². The topological polar surface area (TPSA) is 3.24 Å². The predicted octanol–water partition coefficient (Wildman–Crippen LogP) is 9.05. The third kappa shape index (κ3) is 4.60. The van der Waals surface area contributed by atoms with E-state index in [9.17, 15) is 0 Å². The molecule has 6 aromatic rings. The molecule has 0 bridgehead atoms. The standard InChI is InChI=1S/C42H32BN/c1-4-15-31(16-5-1)32-27-29-35(30-28-32)44-40-25-12-10-23-38(40)43(39-24-11-13-26-41(39)44)42-36(33-17-6-2-7-18-33)21-14-22-37(42)34-19-8-3-9-20-34/h1-2,4-8,10-30H,3,9H2. The Hall–Kier alpha value is -5.34. The number of benzene rings is 6. The molecule has 1 heterocycles. The van der Waals surface area contributed by atoms with Crippen molar-refractivity contribution in [3.8, 4) is 22.3 Å². The fourth-order valence-electron chi connectivity index (χ4n) is 7.00. The average molecular weight is 562 g/mol. The van der Waals surface area contributed by atoms with Crippen LogP contribution in [-0.2, 0) is 0 Å². The molecule has 1 aliphatic heterocycles. The largest absolute Gasteiger partial charge is 0.312 e. The van der Waals surface area contributed by atoms with Gasteiger partial charge in [-0.1, -0.05) is 151 Å². The average Bonchev–Trinajstić information content (AvgIpc) is 3.11. The molecule has 0 unspecified atom stereocenters. The van der Waals surface area contributed by atoms with Crippen molar-refractivity contribution in [2.24, 2.45) is 0 Å². The molecule has 208 valence electrons. The van der Waals surface area contributed by atoms with Crippen LogP contribution in [0.3, 0.4) is 0 Å². The van der Waals surface area contributed by atoms with Gasteiger partial charge >= 0.3 is 0 Å². The second-order valence-electron chi connectivity index (χ2n) is 11.6. The minimum absolute atomic E-state index is 0.0740. The van der Waals surface area contributed by atoms with Crippen molar-refractivity contribution in [1.29, 1.82) is 0 Å². The van der Waals surface area contributed by atoms with E-state index in [1.54, 1.807) is 0 Å². The van der Waals surface area contributed by atoms with Crippen molar-refractivity contribution >= 4 is 45.7 Å². The zero-order valence-electron chi connectivity index (χ0n) is 24.6. The van der Waals surface area contributed by atoms with E-state index in [0.29, 0.717) is 0 Å². The Labute approximate surface area is 260 Å². The van der Waals surface area contributed by atoms with Gasteiger partial charge in [0.05, 0.1) is 0 Å². The van der Waals surface area contributed by atoms with E-state index in [1.165, 1.54) is 61.2 Å². The molecule has 0 radical (unpaired) electrons. The number of rotatable bonds is 5. The molecular weight excluding hydrogens is 529 g/mol. The maximum absolute atomic E-state index is 2.44. The number of hydrogen-bond donors (Lipinski definition) is 0. The summed E-state index contributed by atoms with van der Waals surface area (Å²) in [5.41, 5.74) is 15.3. The lowest BCUT2D eigenvalue weighted by Gasteiger charge is -2.38. The molecule has 0 atom stereocenters. The van der Waals surface area contributed by atoms with Crippen LogP contribution in [0.2, 0.25) is 0 Å². The van der Waals surface area contributed by atoms with Gasteiger partial charge in [0.1, 0.15) is 0 Å². The third-order valence-electron chi connectivity index (χ3n) is 9.00. The van der Waals surface area contributed by atoms with Crippen LogP contribution in [0.1, 0.15) is 18.4 Å². The van der Waals surface area contributed by atoms with E-state index in [1.807, 2.05) is 0 Å². The lowest BCUT2D eigenvalue weighted by molar-refractivity contribution is 1.04. The van der Waals surface area contributed by atoms with Crippen molar-refractivity contribution in [2.75, 3.05) is 4.90 Å². The molecule has 0 spiro atoms. The lowest BCUT2D eigenvalue weighted by Crippen LogP contribution is -2.58. The highest BCUT2D eigenvalue weighted by atomic mass is 15.1. The summed E-state index contributed by atoms with van der Waals surface area (Å²) in [6.07, 6.45) is 9.22. The van der Waals surface area contributed by atoms with Gasteiger partial charge < -0.3 is 4.90 Å². The summed E-state index contributed by atoms with van der Waals surface area (Å²) in [4.78, 5) is 2.44. The minimum atomic E-state index is 0.0740. The van der Waals surface area contributed by atoms with Crippen molar-refractivity contribution in [3.63, 3.8) is 0 Å². The highest BCUT2D eigenvalue weighted by Gasteiger charge is 2.37. The van der Waals surface area contributed by atoms with Gasteiger partial charge in [-0.2, -0.15) is 0 Å². The summed E-state index contributed by atoms with van der Waals surface area (Å²) in [5.74, 6) is 0. The molecule has 0 saturated heterocycles. The van der Waals surface area contributed by atoms with E-state index in [2.05, 4.69) is 175 Å². The van der Waals surface area contributed by atoms with E-state index >= 15 is 0 Å². The van der Waals surface area contributed by atoms with Crippen LogP contribution in [0, 0.1) is 0 Å². The second-order valence-corrected chi connectivity index (χ2v) is 11.6. The summed E-state index contributed by atoms with van der Waals surface area (Å²) in [7, 11) is 0. The van der Waals surface area contributed by atoms with E-state index in [0.717, 1.165) is 18.5 Å². The number of hydrogen-bond acceptors (Lipinski definition) is 1. The summed E-state index contributed by atoms with van der Waals surface area (Å²) < 4.78 is 0. The summed E-state index contributed by atoms with van der Waals surface area (Å²) >= 11 is 0. The number of nitrogens with zero attached hydrogens (tertiary/aromatic N) is 1. The van der Waals surface area contributed by atoms with Crippen LogP contribution in [0.4, 0.5) is 17.1 Å². The molecule has 0 fully saturated rings. The smallest absolute Gasteiger partial charge is 0.248 e. The first-order valence-electron chi connectivity index (χ1n) is 15.6. The first kappa shape index (κ1) is 26.3. The summed E-state index contributed by atoms with van der Waals surface area (Å²) in [6, 6.07) is 55.3. The predicted molar refractivity (Wildman–Crippen MR) is 189 cm³/mol.